The third kappa shape index (κ3) is 4.65. The summed E-state index contributed by atoms with van der Waals surface area (Å²) in [6.45, 7) is 4.89. The van der Waals surface area contributed by atoms with Crippen molar-refractivity contribution in [2.75, 3.05) is 6.54 Å². The van der Waals surface area contributed by atoms with Gasteiger partial charge in [0, 0.05) is 11.3 Å². The minimum atomic E-state index is 0.467. The van der Waals surface area contributed by atoms with Gasteiger partial charge in [-0.3, -0.25) is 4.98 Å². The topological polar surface area (TPSA) is 42.3 Å². The van der Waals surface area contributed by atoms with Gasteiger partial charge in [0.15, 0.2) is 0 Å². The van der Waals surface area contributed by atoms with Crippen molar-refractivity contribution in [3.63, 3.8) is 0 Å². The molecule has 0 spiro atoms. The van der Waals surface area contributed by atoms with E-state index in [1.807, 2.05) is 0 Å². The summed E-state index contributed by atoms with van der Waals surface area (Å²) in [7, 11) is 0. The lowest BCUT2D eigenvalue weighted by Gasteiger charge is -2.28. The van der Waals surface area contributed by atoms with Gasteiger partial charge in [0.05, 0.1) is 12.2 Å². The summed E-state index contributed by atoms with van der Waals surface area (Å²) in [5.74, 6) is 1.24. The molecule has 0 bridgehead atoms. The third-order valence-electron chi connectivity index (χ3n) is 5.63. The Morgan fingerprint density at radius 2 is 2.08 bits per heavy atom. The monoisotopic (exact) mass is 338 g/mol. The van der Waals surface area contributed by atoms with Crippen LogP contribution >= 0.6 is 0 Å². The van der Waals surface area contributed by atoms with Crippen LogP contribution < -0.4 is 0 Å². The predicted octanol–water partition coefficient (Wildman–Crippen LogP) is 6.27. The largest absolute Gasteiger partial charge is 0.253 e. The van der Waals surface area contributed by atoms with E-state index in [4.69, 9.17) is 4.98 Å². The Hall–Kier alpha value is -1.77. The average molecular weight is 338 g/mol. The highest BCUT2D eigenvalue weighted by Crippen LogP contribution is 2.39. The van der Waals surface area contributed by atoms with Crippen molar-refractivity contribution >= 4 is 0 Å². The smallest absolute Gasteiger partial charge is 0.0813 e. The Morgan fingerprint density at radius 1 is 1.20 bits per heavy atom. The molecule has 1 fully saturated rings. The Morgan fingerprint density at radius 3 is 2.88 bits per heavy atom. The molecular formula is C22H30N2O. The minimum Gasteiger partial charge on any atom is -0.253 e. The van der Waals surface area contributed by atoms with Crippen molar-refractivity contribution in [1.82, 2.24) is 4.98 Å². The molecule has 3 aliphatic rings. The molecule has 1 heterocycles. The molecule has 1 aliphatic heterocycles. The zero-order valence-electron chi connectivity index (χ0n) is 15.6. The maximum absolute atomic E-state index is 10.5. The number of aryl methyl sites for hydroxylation is 2. The minimum absolute atomic E-state index is 0.467. The molecule has 0 aromatic rings. The molecule has 0 aromatic heterocycles. The zero-order chi connectivity index (χ0) is 17.6. The number of hydrogen-bond donors (Lipinski definition) is 0. The van der Waals surface area contributed by atoms with Crippen LogP contribution in [-0.2, 0) is 6.42 Å². The molecule has 0 aromatic carbocycles. The van der Waals surface area contributed by atoms with Gasteiger partial charge in [0.1, 0.15) is 0 Å². The second kappa shape index (κ2) is 8.55. The Kier molecular flexibility index (Phi) is 6.17. The summed E-state index contributed by atoms with van der Waals surface area (Å²) < 4.78 is 0. The fourth-order valence-corrected chi connectivity index (χ4v) is 4.30. The molecule has 0 N–H and O–H groups in total. The van der Waals surface area contributed by atoms with Gasteiger partial charge in [-0.05, 0) is 74.6 Å². The number of unbranched alkanes of at least 4 members (excludes halogenated alkanes) is 1. The van der Waals surface area contributed by atoms with E-state index < -0.39 is 0 Å². The maximum Gasteiger partial charge on any atom is 0.0813 e. The summed E-state index contributed by atoms with van der Waals surface area (Å²) in [5.41, 5.74) is 6.39. The van der Waals surface area contributed by atoms with E-state index in [1.54, 1.807) is 0 Å². The normalized spacial score (nSPS) is 20.7. The van der Waals surface area contributed by atoms with Gasteiger partial charge in [0.2, 0.25) is 0 Å². The first kappa shape index (κ1) is 18.0. The van der Waals surface area contributed by atoms with E-state index in [0.717, 1.165) is 18.5 Å². The molecular weight excluding hydrogens is 308 g/mol. The van der Waals surface area contributed by atoms with Crippen molar-refractivity contribution in [3.8, 4) is 11.3 Å². The molecule has 2 aliphatic carbocycles. The van der Waals surface area contributed by atoms with E-state index in [-0.39, 0.29) is 0 Å². The SMILES string of the molecule is CCCCc1cc2cc(C)cc(C3CCCC(CCN=O)C3)cc-2n1. The fraction of sp³-hybridized carbons (Fsp3) is 0.591. The van der Waals surface area contributed by atoms with Crippen molar-refractivity contribution in [2.45, 2.75) is 71.1 Å². The van der Waals surface area contributed by atoms with Gasteiger partial charge < -0.3 is 0 Å². The van der Waals surface area contributed by atoms with Crippen LogP contribution in [0.15, 0.2) is 29.4 Å². The Balaban J connectivity index is 1.84. The van der Waals surface area contributed by atoms with Crippen LogP contribution in [0.4, 0.5) is 0 Å². The molecule has 3 nitrogen and oxygen atoms in total. The third-order valence-corrected chi connectivity index (χ3v) is 5.63. The number of nitrogens with zero attached hydrogens (tertiary/aromatic N) is 2. The highest BCUT2D eigenvalue weighted by Gasteiger charge is 2.24. The predicted molar refractivity (Wildman–Crippen MR) is 104 cm³/mol. The van der Waals surface area contributed by atoms with E-state index >= 15 is 0 Å². The van der Waals surface area contributed by atoms with Crippen molar-refractivity contribution in [1.29, 1.82) is 0 Å². The first-order chi connectivity index (χ1) is 12.2. The highest BCUT2D eigenvalue weighted by molar-refractivity contribution is 5.64. The van der Waals surface area contributed by atoms with Crippen LogP contribution in [-0.4, -0.2) is 11.5 Å². The summed E-state index contributed by atoms with van der Waals surface area (Å²) in [6, 6.07) is 9.21. The lowest BCUT2D eigenvalue weighted by atomic mass is 9.77. The van der Waals surface area contributed by atoms with Crippen LogP contribution in [0, 0.1) is 17.7 Å². The summed E-state index contributed by atoms with van der Waals surface area (Å²) in [5, 5.41) is 3.06. The quantitative estimate of drug-likeness (QED) is 0.558. The van der Waals surface area contributed by atoms with E-state index in [0.29, 0.717) is 18.4 Å². The molecule has 0 radical (unpaired) electrons. The number of hydrogen-bond acceptors (Lipinski definition) is 3. The first-order valence-electron chi connectivity index (χ1n) is 9.90. The molecule has 3 rings (SSSR count). The zero-order valence-corrected chi connectivity index (χ0v) is 15.6. The first-order valence-corrected chi connectivity index (χ1v) is 9.90. The molecule has 0 saturated heterocycles. The number of aromatic nitrogens is 1. The van der Waals surface area contributed by atoms with Gasteiger partial charge in [-0.15, -0.1) is 0 Å². The van der Waals surface area contributed by atoms with Gasteiger partial charge in [0.25, 0.3) is 0 Å². The van der Waals surface area contributed by atoms with Gasteiger partial charge in [-0.2, -0.15) is 4.91 Å². The van der Waals surface area contributed by atoms with Crippen molar-refractivity contribution in [2.24, 2.45) is 11.1 Å². The molecule has 3 heteroatoms. The second-order valence-corrected chi connectivity index (χ2v) is 7.74. The number of rotatable bonds is 7. The van der Waals surface area contributed by atoms with Gasteiger partial charge in [-0.25, -0.2) is 0 Å². The van der Waals surface area contributed by atoms with Crippen LogP contribution in [0.3, 0.4) is 0 Å². The Bertz CT molecular complexity index is 682. The molecule has 1 saturated carbocycles. The molecule has 134 valence electrons. The van der Waals surface area contributed by atoms with Crippen molar-refractivity contribution in [3.05, 3.63) is 46.0 Å². The van der Waals surface area contributed by atoms with Crippen LogP contribution in [0.2, 0.25) is 0 Å². The summed E-state index contributed by atoms with van der Waals surface area (Å²) in [6.07, 6.45) is 9.37. The van der Waals surface area contributed by atoms with Crippen LogP contribution in [0.25, 0.3) is 11.3 Å². The molecule has 2 unspecified atom stereocenters. The van der Waals surface area contributed by atoms with Gasteiger partial charge >= 0.3 is 0 Å². The number of nitroso groups, excluding NO2 is 1. The van der Waals surface area contributed by atoms with E-state index in [1.165, 1.54) is 60.9 Å². The summed E-state index contributed by atoms with van der Waals surface area (Å²) >= 11 is 0. The molecule has 25 heavy (non-hydrogen) atoms. The standard InChI is InChI=1S/C22H30N2O/c1-3-4-8-21-14-20-12-16(2)11-19(15-22(20)24-21)18-7-5-6-17(13-18)9-10-23-25/h11-12,14-15,17-18H,3-10,13H2,1-2H3. The molecule has 2 atom stereocenters. The number of fused-ring (bicyclic) bond motifs is 1. The fourth-order valence-electron chi connectivity index (χ4n) is 4.30. The van der Waals surface area contributed by atoms with Gasteiger partial charge in [-0.1, -0.05) is 43.0 Å². The van der Waals surface area contributed by atoms with Crippen LogP contribution in [0.1, 0.15) is 74.6 Å². The highest BCUT2D eigenvalue weighted by atomic mass is 16.3. The van der Waals surface area contributed by atoms with Crippen LogP contribution in [0.5, 0.6) is 0 Å². The second-order valence-electron chi connectivity index (χ2n) is 7.74. The van der Waals surface area contributed by atoms with E-state index in [2.05, 4.69) is 43.3 Å². The maximum atomic E-state index is 10.5. The average Bonchev–Trinajstić information content (AvgIpc) is 2.91. The lowest BCUT2D eigenvalue weighted by Crippen LogP contribution is -2.15. The molecule has 0 amide bonds. The van der Waals surface area contributed by atoms with E-state index in [9.17, 15) is 4.91 Å². The summed E-state index contributed by atoms with van der Waals surface area (Å²) in [4.78, 5) is 15.3. The Labute approximate surface area is 151 Å². The lowest BCUT2D eigenvalue weighted by molar-refractivity contribution is 0.309. The van der Waals surface area contributed by atoms with Crippen molar-refractivity contribution < 1.29 is 0 Å².